The van der Waals surface area contributed by atoms with E-state index >= 15 is 0 Å². The predicted octanol–water partition coefficient (Wildman–Crippen LogP) is 2.09. The summed E-state index contributed by atoms with van der Waals surface area (Å²) in [6, 6.07) is 0.637. The molecule has 0 bridgehead atoms. The largest absolute Gasteiger partial charge is 0.393 e. The van der Waals surface area contributed by atoms with Crippen molar-refractivity contribution in [2.75, 3.05) is 26.2 Å². The fourth-order valence-corrected chi connectivity index (χ4v) is 3.87. The number of aryl methyl sites for hydroxylation is 1. The van der Waals surface area contributed by atoms with Crippen molar-refractivity contribution >= 4 is 0 Å². The van der Waals surface area contributed by atoms with E-state index in [0.29, 0.717) is 12.0 Å². The van der Waals surface area contributed by atoms with Crippen molar-refractivity contribution in [3.63, 3.8) is 0 Å². The zero-order chi connectivity index (χ0) is 16.8. The quantitative estimate of drug-likeness (QED) is 0.743. The lowest BCUT2D eigenvalue weighted by molar-refractivity contribution is 0.0819. The minimum absolute atomic E-state index is 0.0678. The maximum absolute atomic E-state index is 9.53. The van der Waals surface area contributed by atoms with Crippen molar-refractivity contribution in [1.82, 2.24) is 20.4 Å². The molecular weight excluding hydrogens is 304 g/mol. The van der Waals surface area contributed by atoms with Crippen molar-refractivity contribution in [3.8, 4) is 0 Å². The maximum atomic E-state index is 9.53. The van der Waals surface area contributed by atoms with Gasteiger partial charge in [-0.1, -0.05) is 12.1 Å². The molecule has 0 unspecified atom stereocenters. The molecule has 1 aromatic rings. The summed E-state index contributed by atoms with van der Waals surface area (Å²) in [4.78, 5) is 6.97. The number of likely N-dealkylation sites (tertiary alicyclic amines) is 1. The van der Waals surface area contributed by atoms with Gasteiger partial charge in [-0.3, -0.25) is 0 Å². The Morgan fingerprint density at radius 2 is 1.92 bits per heavy atom. The molecule has 24 heavy (non-hydrogen) atoms. The molecule has 1 saturated carbocycles. The zero-order valence-corrected chi connectivity index (χ0v) is 14.9. The number of nitrogens with one attached hydrogen (secondary N) is 1. The van der Waals surface area contributed by atoms with Gasteiger partial charge in [0, 0.05) is 31.5 Å². The first-order chi connectivity index (χ1) is 11.7. The summed E-state index contributed by atoms with van der Waals surface area (Å²) in [5, 5.41) is 17.3. The van der Waals surface area contributed by atoms with Gasteiger partial charge in [0.15, 0.2) is 5.82 Å². The summed E-state index contributed by atoms with van der Waals surface area (Å²) in [5.41, 5.74) is 0. The number of hydrogen-bond acceptors (Lipinski definition) is 6. The highest BCUT2D eigenvalue weighted by Gasteiger charge is 2.26. The van der Waals surface area contributed by atoms with E-state index in [1.165, 1.54) is 19.3 Å². The van der Waals surface area contributed by atoms with Crippen LogP contribution in [-0.4, -0.2) is 58.5 Å². The Morgan fingerprint density at radius 1 is 1.17 bits per heavy atom. The topological polar surface area (TPSA) is 74.4 Å². The maximum Gasteiger partial charge on any atom is 0.229 e. The highest BCUT2D eigenvalue weighted by molar-refractivity contribution is 4.97. The lowest BCUT2D eigenvalue weighted by Gasteiger charge is -2.30. The van der Waals surface area contributed by atoms with Crippen LogP contribution in [0.25, 0.3) is 0 Å². The molecule has 6 heteroatoms. The molecule has 1 aromatic heterocycles. The lowest BCUT2D eigenvalue weighted by atomic mass is 9.86. The summed E-state index contributed by atoms with van der Waals surface area (Å²) < 4.78 is 5.40. The molecule has 0 amide bonds. The van der Waals surface area contributed by atoms with E-state index in [9.17, 15) is 5.11 Å². The number of aliphatic hydroxyl groups excluding tert-OH is 1. The van der Waals surface area contributed by atoms with Gasteiger partial charge in [-0.05, 0) is 58.0 Å². The lowest BCUT2D eigenvalue weighted by Crippen LogP contribution is -2.38. The first kappa shape index (κ1) is 17.8. The molecule has 0 atom stereocenters. The first-order valence-corrected chi connectivity index (χ1v) is 9.71. The number of rotatable bonds is 7. The van der Waals surface area contributed by atoms with Crippen molar-refractivity contribution in [3.05, 3.63) is 11.7 Å². The van der Waals surface area contributed by atoms with Crippen LogP contribution in [0.1, 0.15) is 69.5 Å². The molecule has 1 saturated heterocycles. The molecule has 6 nitrogen and oxygen atoms in total. The molecule has 3 rings (SSSR count). The molecule has 0 aromatic carbocycles. The van der Waals surface area contributed by atoms with E-state index in [-0.39, 0.29) is 6.10 Å². The summed E-state index contributed by atoms with van der Waals surface area (Å²) in [5.74, 6) is 2.13. The van der Waals surface area contributed by atoms with Gasteiger partial charge >= 0.3 is 0 Å². The fourth-order valence-electron chi connectivity index (χ4n) is 3.87. The Hall–Kier alpha value is -0.980. The normalized spacial score (nSPS) is 26.8. The summed E-state index contributed by atoms with van der Waals surface area (Å²) >= 11 is 0. The first-order valence-electron chi connectivity index (χ1n) is 9.71. The molecule has 1 aliphatic heterocycles. The summed E-state index contributed by atoms with van der Waals surface area (Å²) in [7, 11) is 0. The fraction of sp³-hybridized carbons (Fsp3) is 0.889. The third-order valence-electron chi connectivity index (χ3n) is 5.52. The van der Waals surface area contributed by atoms with Crippen molar-refractivity contribution < 1.29 is 9.63 Å². The minimum Gasteiger partial charge on any atom is -0.393 e. The zero-order valence-electron chi connectivity index (χ0n) is 14.9. The van der Waals surface area contributed by atoms with E-state index in [2.05, 4.69) is 27.3 Å². The van der Waals surface area contributed by atoms with Crippen LogP contribution < -0.4 is 5.32 Å². The van der Waals surface area contributed by atoms with Gasteiger partial charge in [-0.25, -0.2) is 0 Å². The highest BCUT2D eigenvalue weighted by atomic mass is 16.5. The molecule has 0 spiro atoms. The van der Waals surface area contributed by atoms with E-state index in [4.69, 9.17) is 4.52 Å². The average Bonchev–Trinajstić information content (AvgIpc) is 3.10. The smallest absolute Gasteiger partial charge is 0.229 e. The van der Waals surface area contributed by atoms with Gasteiger partial charge < -0.3 is 19.8 Å². The van der Waals surface area contributed by atoms with Crippen molar-refractivity contribution in [2.24, 2.45) is 0 Å². The summed E-state index contributed by atoms with van der Waals surface area (Å²) in [6.45, 7) is 6.40. The van der Waals surface area contributed by atoms with Gasteiger partial charge in [0.05, 0.1) is 6.10 Å². The Bertz CT molecular complexity index is 477. The van der Waals surface area contributed by atoms with Gasteiger partial charge in [0.25, 0.3) is 0 Å². The SMILES string of the molecule is CCc1noc(C2CCC(NCCCN3CCC(O)CC3)CC2)n1. The second-order valence-electron chi connectivity index (χ2n) is 7.33. The van der Waals surface area contributed by atoms with Gasteiger partial charge in [0.2, 0.25) is 5.89 Å². The van der Waals surface area contributed by atoms with E-state index in [1.54, 1.807) is 0 Å². The standard InChI is InChI=1S/C18H32N4O2/c1-2-17-20-18(24-21-17)14-4-6-15(7-5-14)19-10-3-11-22-12-8-16(23)9-13-22/h14-16,19,23H,2-13H2,1H3. The molecule has 2 N–H and O–H groups in total. The number of nitrogens with zero attached hydrogens (tertiary/aromatic N) is 3. The van der Waals surface area contributed by atoms with Gasteiger partial charge in [-0.15, -0.1) is 0 Å². The minimum atomic E-state index is -0.0678. The van der Waals surface area contributed by atoms with Crippen molar-refractivity contribution in [2.45, 2.75) is 76.4 Å². The van der Waals surface area contributed by atoms with Gasteiger partial charge in [-0.2, -0.15) is 4.98 Å². The second-order valence-corrected chi connectivity index (χ2v) is 7.33. The third-order valence-corrected chi connectivity index (χ3v) is 5.52. The summed E-state index contributed by atoms with van der Waals surface area (Å²) in [6.07, 6.45) is 8.53. The second kappa shape index (κ2) is 8.92. The van der Waals surface area contributed by atoms with Crippen LogP contribution in [0.3, 0.4) is 0 Å². The van der Waals surface area contributed by atoms with Crippen molar-refractivity contribution in [1.29, 1.82) is 0 Å². The van der Waals surface area contributed by atoms with Crippen LogP contribution in [0.5, 0.6) is 0 Å². The number of piperidine rings is 1. The molecule has 2 fully saturated rings. The molecule has 2 heterocycles. The number of aliphatic hydroxyl groups is 1. The van der Waals surface area contributed by atoms with Gasteiger partial charge in [0.1, 0.15) is 0 Å². The molecule has 2 aliphatic rings. The van der Waals surface area contributed by atoms with Crippen LogP contribution in [0.2, 0.25) is 0 Å². The van der Waals surface area contributed by atoms with Crippen LogP contribution in [0.15, 0.2) is 4.52 Å². The van der Waals surface area contributed by atoms with Crippen LogP contribution in [-0.2, 0) is 6.42 Å². The Kier molecular flexibility index (Phi) is 6.63. The van der Waals surface area contributed by atoms with E-state index in [0.717, 1.165) is 70.0 Å². The molecule has 0 radical (unpaired) electrons. The van der Waals surface area contributed by atoms with E-state index in [1.807, 2.05) is 0 Å². The molecule has 136 valence electrons. The predicted molar refractivity (Wildman–Crippen MR) is 93.0 cm³/mol. The number of hydrogen-bond donors (Lipinski definition) is 2. The Balaban J connectivity index is 1.28. The monoisotopic (exact) mass is 336 g/mol. The highest BCUT2D eigenvalue weighted by Crippen LogP contribution is 2.31. The third kappa shape index (κ3) is 5.01. The number of aromatic nitrogens is 2. The van der Waals surface area contributed by atoms with Crippen LogP contribution in [0.4, 0.5) is 0 Å². The molecular formula is C18H32N4O2. The van der Waals surface area contributed by atoms with Crippen LogP contribution >= 0.6 is 0 Å². The molecule has 1 aliphatic carbocycles. The Labute approximate surface area is 145 Å². The van der Waals surface area contributed by atoms with E-state index < -0.39 is 0 Å². The average molecular weight is 336 g/mol. The van der Waals surface area contributed by atoms with Crippen LogP contribution in [0, 0.1) is 0 Å². The Morgan fingerprint density at radius 3 is 2.58 bits per heavy atom.